The van der Waals surface area contributed by atoms with E-state index in [1.807, 2.05) is 19.9 Å². The molecule has 1 unspecified atom stereocenters. The molecule has 16 heavy (non-hydrogen) atoms. The van der Waals surface area contributed by atoms with E-state index in [1.54, 1.807) is 12.3 Å². The van der Waals surface area contributed by atoms with Gasteiger partial charge < -0.3 is 10.4 Å². The second-order valence-corrected chi connectivity index (χ2v) is 4.94. The monoisotopic (exact) mass is 286 g/mol. The van der Waals surface area contributed by atoms with Crippen LogP contribution in [0.3, 0.4) is 0 Å². The molecule has 0 amide bonds. The molecule has 0 aromatic carbocycles. The first-order valence-corrected chi connectivity index (χ1v) is 5.89. The summed E-state index contributed by atoms with van der Waals surface area (Å²) in [5, 5.41) is 11.9. The lowest BCUT2D eigenvalue weighted by Crippen LogP contribution is -2.31. The van der Waals surface area contributed by atoms with Crippen LogP contribution in [0.2, 0.25) is 0 Å². The number of nitrogens with zero attached hydrogens (tertiary/aromatic N) is 1. The van der Waals surface area contributed by atoms with Gasteiger partial charge in [-0.15, -0.1) is 0 Å². The molecule has 0 aliphatic rings. The summed E-state index contributed by atoms with van der Waals surface area (Å²) in [4.78, 5) is 15.1. The van der Waals surface area contributed by atoms with Crippen molar-refractivity contribution in [1.82, 2.24) is 4.98 Å². The molecule has 1 atom stereocenters. The molecule has 88 valence electrons. The Morgan fingerprint density at radius 2 is 2.25 bits per heavy atom. The number of aromatic nitrogens is 1. The SMILES string of the molecule is CC(C)CC(Nc1ccc(Br)cn1)C(=O)O. The number of pyridine rings is 1. The fourth-order valence-electron chi connectivity index (χ4n) is 1.33. The Hall–Kier alpha value is -1.10. The summed E-state index contributed by atoms with van der Waals surface area (Å²) >= 11 is 3.27. The molecule has 1 aromatic heterocycles. The van der Waals surface area contributed by atoms with Crippen LogP contribution in [0.25, 0.3) is 0 Å². The largest absolute Gasteiger partial charge is 0.480 e. The average molecular weight is 287 g/mol. The lowest BCUT2D eigenvalue weighted by Gasteiger charge is -2.16. The molecule has 1 aromatic rings. The van der Waals surface area contributed by atoms with Crippen molar-refractivity contribution in [3.8, 4) is 0 Å². The van der Waals surface area contributed by atoms with Crippen molar-refractivity contribution in [3.63, 3.8) is 0 Å². The normalized spacial score (nSPS) is 12.5. The smallest absolute Gasteiger partial charge is 0.326 e. The summed E-state index contributed by atoms with van der Waals surface area (Å²) in [5.74, 6) is 0.0544. The molecule has 4 nitrogen and oxygen atoms in total. The molecule has 0 radical (unpaired) electrons. The predicted octanol–water partition coefficient (Wildman–Crippen LogP) is 2.76. The van der Waals surface area contributed by atoms with E-state index in [0.29, 0.717) is 18.2 Å². The van der Waals surface area contributed by atoms with Crippen LogP contribution in [-0.2, 0) is 4.79 Å². The van der Waals surface area contributed by atoms with Gasteiger partial charge in [0.1, 0.15) is 11.9 Å². The summed E-state index contributed by atoms with van der Waals surface area (Å²) in [5.41, 5.74) is 0. The molecule has 0 aliphatic heterocycles. The first kappa shape index (κ1) is 13.0. The molecule has 0 bridgehead atoms. The van der Waals surface area contributed by atoms with Gasteiger partial charge in [0.25, 0.3) is 0 Å². The van der Waals surface area contributed by atoms with Crippen LogP contribution in [0.1, 0.15) is 20.3 Å². The van der Waals surface area contributed by atoms with Gasteiger partial charge in [0.05, 0.1) is 0 Å². The fourth-order valence-corrected chi connectivity index (χ4v) is 1.57. The minimum absolute atomic E-state index is 0.323. The Bertz CT molecular complexity index is 352. The third-order valence-electron chi connectivity index (χ3n) is 2.05. The maximum Gasteiger partial charge on any atom is 0.326 e. The summed E-state index contributed by atoms with van der Waals surface area (Å²) in [6.07, 6.45) is 2.21. The van der Waals surface area contributed by atoms with E-state index in [1.165, 1.54) is 0 Å². The Morgan fingerprint density at radius 3 is 2.69 bits per heavy atom. The maximum atomic E-state index is 11.0. The molecular formula is C11H15BrN2O2. The fraction of sp³-hybridized carbons (Fsp3) is 0.455. The molecule has 0 saturated carbocycles. The van der Waals surface area contributed by atoms with Gasteiger partial charge in [-0.25, -0.2) is 9.78 Å². The van der Waals surface area contributed by atoms with Crippen LogP contribution in [0, 0.1) is 5.92 Å². The topological polar surface area (TPSA) is 62.2 Å². The van der Waals surface area contributed by atoms with Crippen LogP contribution >= 0.6 is 15.9 Å². The zero-order valence-electron chi connectivity index (χ0n) is 9.27. The van der Waals surface area contributed by atoms with Gasteiger partial charge in [0, 0.05) is 10.7 Å². The molecule has 2 N–H and O–H groups in total. The van der Waals surface area contributed by atoms with Crippen LogP contribution in [0.5, 0.6) is 0 Å². The molecule has 0 saturated heterocycles. The number of anilines is 1. The molecule has 0 spiro atoms. The number of rotatable bonds is 5. The van der Waals surface area contributed by atoms with E-state index in [-0.39, 0.29) is 0 Å². The first-order valence-electron chi connectivity index (χ1n) is 5.10. The van der Waals surface area contributed by atoms with Crippen LogP contribution in [-0.4, -0.2) is 22.1 Å². The van der Waals surface area contributed by atoms with Crippen LogP contribution < -0.4 is 5.32 Å². The van der Waals surface area contributed by atoms with E-state index in [0.717, 1.165) is 4.47 Å². The third-order valence-corrected chi connectivity index (χ3v) is 2.52. The van der Waals surface area contributed by atoms with E-state index < -0.39 is 12.0 Å². The third kappa shape index (κ3) is 4.18. The highest BCUT2D eigenvalue weighted by Crippen LogP contribution is 2.14. The van der Waals surface area contributed by atoms with Crippen molar-refractivity contribution in [3.05, 3.63) is 22.8 Å². The first-order chi connectivity index (χ1) is 7.49. The maximum absolute atomic E-state index is 11.0. The lowest BCUT2D eigenvalue weighted by atomic mass is 10.0. The number of carboxylic acids is 1. The minimum atomic E-state index is -0.849. The van der Waals surface area contributed by atoms with E-state index in [9.17, 15) is 4.79 Å². The molecule has 5 heteroatoms. The second-order valence-electron chi connectivity index (χ2n) is 4.03. The van der Waals surface area contributed by atoms with Crippen molar-refractivity contribution < 1.29 is 9.90 Å². The van der Waals surface area contributed by atoms with Gasteiger partial charge in [0.15, 0.2) is 0 Å². The number of nitrogens with one attached hydrogen (secondary N) is 1. The van der Waals surface area contributed by atoms with Gasteiger partial charge in [-0.3, -0.25) is 0 Å². The van der Waals surface area contributed by atoms with Gasteiger partial charge >= 0.3 is 5.97 Å². The Balaban J connectivity index is 2.68. The number of carboxylic acid groups (broad SMARTS) is 1. The van der Waals surface area contributed by atoms with E-state index >= 15 is 0 Å². The highest BCUT2D eigenvalue weighted by molar-refractivity contribution is 9.10. The zero-order chi connectivity index (χ0) is 12.1. The highest BCUT2D eigenvalue weighted by Gasteiger charge is 2.18. The van der Waals surface area contributed by atoms with Crippen molar-refractivity contribution in [2.24, 2.45) is 5.92 Å². The van der Waals surface area contributed by atoms with Gasteiger partial charge in [-0.2, -0.15) is 0 Å². The summed E-state index contributed by atoms with van der Waals surface area (Å²) in [7, 11) is 0. The van der Waals surface area contributed by atoms with Gasteiger partial charge in [-0.05, 0) is 40.4 Å². The molecule has 0 fully saturated rings. The lowest BCUT2D eigenvalue weighted by molar-refractivity contribution is -0.138. The molecule has 1 heterocycles. The number of aliphatic carboxylic acids is 1. The standard InChI is InChI=1S/C11H15BrN2O2/c1-7(2)5-9(11(15)16)14-10-4-3-8(12)6-13-10/h3-4,6-7,9H,5H2,1-2H3,(H,13,14)(H,15,16). The number of hydrogen-bond donors (Lipinski definition) is 2. The molecular weight excluding hydrogens is 272 g/mol. The van der Waals surface area contributed by atoms with Crippen molar-refractivity contribution >= 4 is 27.7 Å². The molecule has 1 rings (SSSR count). The van der Waals surface area contributed by atoms with Gasteiger partial charge in [0.2, 0.25) is 0 Å². The van der Waals surface area contributed by atoms with Crippen molar-refractivity contribution in [2.75, 3.05) is 5.32 Å². The highest BCUT2D eigenvalue weighted by atomic mass is 79.9. The van der Waals surface area contributed by atoms with E-state index in [2.05, 4.69) is 26.2 Å². The Kier molecular flexibility index (Phi) is 4.73. The quantitative estimate of drug-likeness (QED) is 0.874. The summed E-state index contributed by atoms with van der Waals surface area (Å²) in [6, 6.07) is 2.98. The van der Waals surface area contributed by atoms with Crippen LogP contribution in [0.15, 0.2) is 22.8 Å². The summed E-state index contributed by atoms with van der Waals surface area (Å²) in [6.45, 7) is 3.99. The average Bonchev–Trinajstić information content (AvgIpc) is 2.19. The summed E-state index contributed by atoms with van der Waals surface area (Å²) < 4.78 is 0.869. The zero-order valence-corrected chi connectivity index (χ0v) is 10.9. The van der Waals surface area contributed by atoms with Gasteiger partial charge in [-0.1, -0.05) is 13.8 Å². The minimum Gasteiger partial charge on any atom is -0.480 e. The second kappa shape index (κ2) is 5.84. The van der Waals surface area contributed by atoms with Crippen LogP contribution in [0.4, 0.5) is 5.82 Å². The predicted molar refractivity (Wildman–Crippen MR) is 66.4 cm³/mol. The number of hydrogen-bond acceptors (Lipinski definition) is 3. The molecule has 0 aliphatic carbocycles. The Morgan fingerprint density at radius 1 is 1.56 bits per heavy atom. The van der Waals surface area contributed by atoms with Crippen molar-refractivity contribution in [1.29, 1.82) is 0 Å². The Labute approximate surface area is 103 Å². The number of halogens is 1. The van der Waals surface area contributed by atoms with E-state index in [4.69, 9.17) is 5.11 Å². The number of carbonyl (C=O) groups is 1. The van der Waals surface area contributed by atoms with Crippen molar-refractivity contribution in [2.45, 2.75) is 26.3 Å².